The molecule has 1 heterocycles. The molecule has 0 aliphatic carbocycles. The van der Waals surface area contributed by atoms with Crippen LogP contribution in [0.15, 0.2) is 35.4 Å². The van der Waals surface area contributed by atoms with E-state index in [0.717, 1.165) is 18.0 Å². The lowest BCUT2D eigenvalue weighted by atomic mass is 10.3. The van der Waals surface area contributed by atoms with Gasteiger partial charge >= 0.3 is 0 Å². The van der Waals surface area contributed by atoms with Crippen LogP contribution in [0.2, 0.25) is 0 Å². The number of nitrogens with one attached hydrogen (secondary N) is 1. The summed E-state index contributed by atoms with van der Waals surface area (Å²) in [6.07, 6.45) is 2.73. The van der Waals surface area contributed by atoms with Crippen molar-refractivity contribution in [3.8, 4) is 0 Å². The Balaban J connectivity index is 2.23. The van der Waals surface area contributed by atoms with Crippen LogP contribution in [0, 0.1) is 5.82 Å². The van der Waals surface area contributed by atoms with E-state index in [1.54, 1.807) is 24.0 Å². The van der Waals surface area contributed by atoms with E-state index in [9.17, 15) is 12.8 Å². The molecule has 0 aliphatic rings. The monoisotopic (exact) mass is 283 g/mol. The zero-order chi connectivity index (χ0) is 14.0. The Morgan fingerprint density at radius 3 is 2.68 bits per heavy atom. The summed E-state index contributed by atoms with van der Waals surface area (Å²) >= 11 is 0. The lowest BCUT2D eigenvalue weighted by Crippen LogP contribution is -2.07. The molecule has 0 unspecified atom stereocenters. The Bertz CT molecular complexity index is 695. The second kappa shape index (κ2) is 5.00. The zero-order valence-electron chi connectivity index (χ0n) is 10.6. The fourth-order valence-corrected chi connectivity index (χ4v) is 2.28. The molecule has 0 aliphatic heterocycles. The second-order valence-corrected chi connectivity index (χ2v) is 6.23. The van der Waals surface area contributed by atoms with Gasteiger partial charge in [-0.25, -0.2) is 12.8 Å². The summed E-state index contributed by atoms with van der Waals surface area (Å²) in [5.41, 5.74) is 1.02. The van der Waals surface area contributed by atoms with Crippen molar-refractivity contribution in [2.24, 2.45) is 7.05 Å². The molecule has 0 radical (unpaired) electrons. The number of rotatable bonds is 4. The summed E-state index contributed by atoms with van der Waals surface area (Å²) in [5, 5.41) is 6.86. The Kier molecular flexibility index (Phi) is 3.57. The highest BCUT2D eigenvalue weighted by atomic mass is 32.2. The van der Waals surface area contributed by atoms with Crippen molar-refractivity contribution in [1.29, 1.82) is 0 Å². The van der Waals surface area contributed by atoms with E-state index in [1.165, 1.54) is 12.1 Å². The van der Waals surface area contributed by atoms with Crippen molar-refractivity contribution in [1.82, 2.24) is 9.78 Å². The molecule has 0 spiro atoms. The van der Waals surface area contributed by atoms with Crippen LogP contribution in [0.3, 0.4) is 0 Å². The average Bonchev–Trinajstić information content (AvgIpc) is 2.72. The largest absolute Gasteiger partial charge is 0.377 e. The molecular weight excluding hydrogens is 269 g/mol. The molecule has 2 aromatic rings. The van der Waals surface area contributed by atoms with Gasteiger partial charge in [0.2, 0.25) is 0 Å². The Hall–Kier alpha value is -1.89. The molecule has 7 heteroatoms. The predicted octanol–water partition coefficient (Wildman–Crippen LogP) is 1.57. The molecule has 102 valence electrons. The number of nitrogens with zero attached hydrogens (tertiary/aromatic N) is 2. The van der Waals surface area contributed by atoms with Crippen LogP contribution < -0.4 is 5.32 Å². The molecule has 0 saturated carbocycles. The number of aryl methyl sites for hydroxylation is 1. The first kappa shape index (κ1) is 13.5. The van der Waals surface area contributed by atoms with Gasteiger partial charge < -0.3 is 5.32 Å². The first-order valence-electron chi connectivity index (χ1n) is 5.58. The molecule has 2 rings (SSSR count). The van der Waals surface area contributed by atoms with Crippen molar-refractivity contribution in [3.63, 3.8) is 0 Å². The maximum Gasteiger partial charge on any atom is 0.175 e. The van der Waals surface area contributed by atoms with Gasteiger partial charge in [-0.05, 0) is 24.3 Å². The first-order valence-corrected chi connectivity index (χ1v) is 7.47. The van der Waals surface area contributed by atoms with Crippen molar-refractivity contribution >= 4 is 15.5 Å². The minimum atomic E-state index is -3.35. The van der Waals surface area contributed by atoms with Gasteiger partial charge in [-0.2, -0.15) is 5.10 Å². The van der Waals surface area contributed by atoms with Gasteiger partial charge in [0.15, 0.2) is 9.84 Å². The third-order valence-corrected chi connectivity index (χ3v) is 3.86. The molecule has 0 bridgehead atoms. The summed E-state index contributed by atoms with van der Waals surface area (Å²) in [7, 11) is -1.57. The van der Waals surface area contributed by atoms with Gasteiger partial charge in [0, 0.05) is 19.5 Å². The SMILES string of the molecule is Cn1nccc1CNc1cc(S(C)(=O)=O)ccc1F. The minimum Gasteiger partial charge on any atom is -0.377 e. The van der Waals surface area contributed by atoms with Crippen molar-refractivity contribution in [2.45, 2.75) is 11.4 Å². The number of hydrogen-bond acceptors (Lipinski definition) is 4. The Labute approximate surface area is 111 Å². The summed E-state index contributed by atoms with van der Waals surface area (Å²) in [5.74, 6) is -0.491. The number of aromatic nitrogens is 2. The van der Waals surface area contributed by atoms with Crippen LogP contribution >= 0.6 is 0 Å². The molecule has 0 saturated heterocycles. The molecule has 5 nitrogen and oxygen atoms in total. The van der Waals surface area contributed by atoms with E-state index in [0.29, 0.717) is 6.54 Å². The lowest BCUT2D eigenvalue weighted by Gasteiger charge is -2.09. The second-order valence-electron chi connectivity index (χ2n) is 4.21. The molecule has 0 amide bonds. The van der Waals surface area contributed by atoms with Gasteiger partial charge in [0.05, 0.1) is 22.8 Å². The van der Waals surface area contributed by atoms with E-state index < -0.39 is 15.7 Å². The normalized spacial score (nSPS) is 11.5. The fraction of sp³-hybridized carbons (Fsp3) is 0.250. The van der Waals surface area contributed by atoms with Crippen LogP contribution in [-0.4, -0.2) is 24.5 Å². The van der Waals surface area contributed by atoms with Gasteiger partial charge in [0.1, 0.15) is 5.82 Å². The van der Waals surface area contributed by atoms with Gasteiger partial charge in [-0.15, -0.1) is 0 Å². The topological polar surface area (TPSA) is 64.0 Å². The maximum absolute atomic E-state index is 13.6. The molecule has 1 aromatic heterocycles. The third-order valence-electron chi connectivity index (χ3n) is 2.75. The number of halogens is 1. The van der Waals surface area contributed by atoms with Crippen molar-refractivity contribution in [3.05, 3.63) is 42.0 Å². The zero-order valence-corrected chi connectivity index (χ0v) is 11.4. The molecule has 0 fully saturated rings. The summed E-state index contributed by atoms with van der Waals surface area (Å²) in [6, 6.07) is 5.48. The van der Waals surface area contributed by atoms with Crippen LogP contribution in [0.5, 0.6) is 0 Å². The van der Waals surface area contributed by atoms with Crippen LogP contribution in [0.4, 0.5) is 10.1 Å². The molecule has 19 heavy (non-hydrogen) atoms. The third kappa shape index (κ3) is 3.11. The van der Waals surface area contributed by atoms with E-state index in [4.69, 9.17) is 0 Å². The van der Waals surface area contributed by atoms with E-state index in [1.807, 2.05) is 0 Å². The molecule has 1 N–H and O–H groups in total. The number of hydrogen-bond donors (Lipinski definition) is 1. The van der Waals surface area contributed by atoms with Gasteiger partial charge in [0.25, 0.3) is 0 Å². The average molecular weight is 283 g/mol. The maximum atomic E-state index is 13.6. The number of anilines is 1. The lowest BCUT2D eigenvalue weighted by molar-refractivity contribution is 0.600. The van der Waals surface area contributed by atoms with Gasteiger partial charge in [-0.1, -0.05) is 0 Å². The highest BCUT2D eigenvalue weighted by molar-refractivity contribution is 7.90. The van der Waals surface area contributed by atoms with Gasteiger partial charge in [-0.3, -0.25) is 4.68 Å². The first-order chi connectivity index (χ1) is 8.88. The number of sulfone groups is 1. The fourth-order valence-electron chi connectivity index (χ4n) is 1.63. The summed E-state index contributed by atoms with van der Waals surface area (Å²) in [4.78, 5) is 0.0846. The predicted molar refractivity (Wildman–Crippen MR) is 70.0 cm³/mol. The van der Waals surface area contributed by atoms with Crippen LogP contribution in [0.25, 0.3) is 0 Å². The van der Waals surface area contributed by atoms with E-state index in [2.05, 4.69) is 10.4 Å². The van der Waals surface area contributed by atoms with E-state index >= 15 is 0 Å². The summed E-state index contributed by atoms with van der Waals surface area (Å²) in [6.45, 7) is 0.362. The Morgan fingerprint density at radius 1 is 1.37 bits per heavy atom. The molecule has 0 atom stereocenters. The smallest absolute Gasteiger partial charge is 0.175 e. The van der Waals surface area contributed by atoms with Crippen molar-refractivity contribution in [2.75, 3.05) is 11.6 Å². The quantitative estimate of drug-likeness (QED) is 0.865. The summed E-state index contributed by atoms with van der Waals surface area (Å²) < 4.78 is 38.1. The highest BCUT2D eigenvalue weighted by Gasteiger charge is 2.11. The number of benzene rings is 1. The highest BCUT2D eigenvalue weighted by Crippen LogP contribution is 2.20. The molecule has 1 aromatic carbocycles. The van der Waals surface area contributed by atoms with Crippen LogP contribution in [-0.2, 0) is 23.4 Å². The van der Waals surface area contributed by atoms with Crippen LogP contribution in [0.1, 0.15) is 5.69 Å². The van der Waals surface area contributed by atoms with E-state index in [-0.39, 0.29) is 10.6 Å². The molecular formula is C12H14FN3O2S. The standard InChI is InChI=1S/C12H14FN3O2S/c1-16-9(5-6-15-16)8-14-12-7-10(19(2,17)18)3-4-11(12)13/h3-7,14H,8H2,1-2H3. The minimum absolute atomic E-state index is 0.0846. The van der Waals surface area contributed by atoms with Crippen molar-refractivity contribution < 1.29 is 12.8 Å². The Morgan fingerprint density at radius 2 is 2.11 bits per heavy atom.